The Morgan fingerprint density at radius 3 is 2.55 bits per heavy atom. The summed E-state index contributed by atoms with van der Waals surface area (Å²) in [6.07, 6.45) is 1.79. The van der Waals surface area contributed by atoms with Crippen molar-refractivity contribution in [1.29, 1.82) is 0 Å². The standard InChI is InChI=1S/C29H26N4O4S/c1-3-37-22-14-12-21(13-15-22)33-28(35)27-26(24(17-30-27)19-8-5-4-6-9-19)32-29(33)38-18-25(34)31-20-10-7-11-23(16-20)36-2/h4-17,30H,3,18H2,1-2H3,(H,31,34). The van der Waals surface area contributed by atoms with E-state index < -0.39 is 0 Å². The molecule has 2 heterocycles. The van der Waals surface area contributed by atoms with Gasteiger partial charge in [0.2, 0.25) is 5.91 Å². The Hall–Kier alpha value is -4.50. The van der Waals surface area contributed by atoms with E-state index in [4.69, 9.17) is 14.5 Å². The number of ether oxygens (including phenoxy) is 2. The highest BCUT2D eigenvalue weighted by Crippen LogP contribution is 2.29. The number of thioether (sulfide) groups is 1. The fourth-order valence-corrected chi connectivity index (χ4v) is 4.89. The molecular weight excluding hydrogens is 500 g/mol. The molecule has 0 bridgehead atoms. The number of aromatic nitrogens is 3. The van der Waals surface area contributed by atoms with Crippen LogP contribution in [0.15, 0.2) is 95.0 Å². The lowest BCUT2D eigenvalue weighted by atomic mass is 10.1. The normalized spacial score (nSPS) is 10.9. The van der Waals surface area contributed by atoms with Crippen LogP contribution >= 0.6 is 11.8 Å². The van der Waals surface area contributed by atoms with Gasteiger partial charge in [0.05, 0.1) is 25.2 Å². The Balaban J connectivity index is 1.52. The van der Waals surface area contributed by atoms with Gasteiger partial charge < -0.3 is 19.8 Å². The zero-order valence-corrected chi connectivity index (χ0v) is 21.7. The molecule has 192 valence electrons. The summed E-state index contributed by atoms with van der Waals surface area (Å²) in [5.74, 6) is 1.18. The molecule has 2 N–H and O–H groups in total. The van der Waals surface area contributed by atoms with Crippen molar-refractivity contribution in [3.05, 3.63) is 95.4 Å². The quantitative estimate of drug-likeness (QED) is 0.194. The van der Waals surface area contributed by atoms with Crippen molar-refractivity contribution in [2.75, 3.05) is 24.8 Å². The molecule has 0 atom stereocenters. The van der Waals surface area contributed by atoms with Crippen LogP contribution < -0.4 is 20.3 Å². The Labute approximate surface area is 223 Å². The third-order valence-corrected chi connectivity index (χ3v) is 6.78. The van der Waals surface area contributed by atoms with Crippen LogP contribution in [0, 0.1) is 0 Å². The van der Waals surface area contributed by atoms with Gasteiger partial charge in [-0.05, 0) is 48.9 Å². The SMILES string of the molecule is CCOc1ccc(-n2c(SCC(=O)Nc3cccc(OC)c3)nc3c(-c4ccccc4)c[nH]c3c2=O)cc1. The highest BCUT2D eigenvalue weighted by atomic mass is 32.2. The fraction of sp³-hybridized carbons (Fsp3) is 0.138. The average molecular weight is 527 g/mol. The largest absolute Gasteiger partial charge is 0.497 e. The molecule has 0 fully saturated rings. The van der Waals surface area contributed by atoms with E-state index in [0.717, 1.165) is 11.1 Å². The van der Waals surface area contributed by atoms with Crippen molar-refractivity contribution in [3.63, 3.8) is 0 Å². The lowest BCUT2D eigenvalue weighted by Gasteiger charge is -2.13. The van der Waals surface area contributed by atoms with E-state index in [9.17, 15) is 9.59 Å². The van der Waals surface area contributed by atoms with Crippen LogP contribution in [0.25, 0.3) is 27.8 Å². The number of carbonyl (C=O) groups is 1. The van der Waals surface area contributed by atoms with Gasteiger partial charge in [-0.25, -0.2) is 4.98 Å². The molecule has 0 aliphatic carbocycles. The molecule has 0 spiro atoms. The van der Waals surface area contributed by atoms with E-state index in [1.165, 1.54) is 16.3 Å². The molecule has 0 aliphatic rings. The summed E-state index contributed by atoms with van der Waals surface area (Å²) in [5.41, 5.74) is 3.70. The van der Waals surface area contributed by atoms with E-state index in [1.54, 1.807) is 49.7 Å². The topological polar surface area (TPSA) is 98.2 Å². The van der Waals surface area contributed by atoms with Gasteiger partial charge in [-0.3, -0.25) is 14.2 Å². The molecule has 0 saturated carbocycles. The number of hydrogen-bond donors (Lipinski definition) is 2. The number of anilines is 1. The van der Waals surface area contributed by atoms with Crippen LogP contribution in [0.4, 0.5) is 5.69 Å². The molecule has 8 nitrogen and oxygen atoms in total. The number of amides is 1. The van der Waals surface area contributed by atoms with Gasteiger partial charge in [-0.1, -0.05) is 48.2 Å². The number of benzene rings is 3. The fourth-order valence-electron chi connectivity index (χ4n) is 4.09. The monoisotopic (exact) mass is 526 g/mol. The molecule has 1 amide bonds. The number of hydrogen-bond acceptors (Lipinski definition) is 6. The molecule has 5 rings (SSSR count). The van der Waals surface area contributed by atoms with Gasteiger partial charge in [0.25, 0.3) is 5.56 Å². The maximum absolute atomic E-state index is 13.7. The molecule has 0 aliphatic heterocycles. The summed E-state index contributed by atoms with van der Waals surface area (Å²) in [7, 11) is 1.57. The summed E-state index contributed by atoms with van der Waals surface area (Å²) in [4.78, 5) is 34.6. The van der Waals surface area contributed by atoms with Gasteiger partial charge in [0.1, 0.15) is 22.5 Å². The summed E-state index contributed by atoms with van der Waals surface area (Å²) >= 11 is 1.19. The van der Waals surface area contributed by atoms with E-state index in [2.05, 4.69) is 10.3 Å². The van der Waals surface area contributed by atoms with E-state index in [1.807, 2.05) is 49.4 Å². The molecule has 0 saturated heterocycles. The first-order valence-electron chi connectivity index (χ1n) is 12.1. The smallest absolute Gasteiger partial charge is 0.283 e. The van der Waals surface area contributed by atoms with Crippen LogP contribution in [-0.2, 0) is 4.79 Å². The maximum atomic E-state index is 13.7. The molecular formula is C29H26N4O4S. The Morgan fingerprint density at radius 2 is 1.82 bits per heavy atom. The zero-order valence-electron chi connectivity index (χ0n) is 20.9. The molecule has 5 aromatic rings. The van der Waals surface area contributed by atoms with E-state index in [-0.39, 0.29) is 17.2 Å². The van der Waals surface area contributed by atoms with E-state index >= 15 is 0 Å². The van der Waals surface area contributed by atoms with Crippen LogP contribution in [0.2, 0.25) is 0 Å². The van der Waals surface area contributed by atoms with Gasteiger partial charge in [-0.15, -0.1) is 0 Å². The van der Waals surface area contributed by atoms with Crippen LogP contribution in [-0.4, -0.2) is 39.9 Å². The second-order valence-electron chi connectivity index (χ2n) is 8.32. The zero-order chi connectivity index (χ0) is 26.5. The number of methoxy groups -OCH3 is 1. The lowest BCUT2D eigenvalue weighted by molar-refractivity contribution is -0.113. The highest BCUT2D eigenvalue weighted by molar-refractivity contribution is 7.99. The Kier molecular flexibility index (Phi) is 7.46. The van der Waals surface area contributed by atoms with Gasteiger partial charge in [-0.2, -0.15) is 0 Å². The van der Waals surface area contributed by atoms with Crippen molar-refractivity contribution < 1.29 is 14.3 Å². The van der Waals surface area contributed by atoms with Crippen molar-refractivity contribution >= 4 is 34.4 Å². The number of fused-ring (bicyclic) bond motifs is 1. The number of nitrogens with one attached hydrogen (secondary N) is 2. The average Bonchev–Trinajstić information content (AvgIpc) is 3.38. The minimum atomic E-state index is -0.253. The third-order valence-electron chi connectivity index (χ3n) is 5.85. The molecule has 9 heteroatoms. The number of H-pyrrole nitrogens is 1. The number of rotatable bonds is 9. The molecule has 38 heavy (non-hydrogen) atoms. The Morgan fingerprint density at radius 1 is 1.03 bits per heavy atom. The number of carbonyl (C=O) groups excluding carboxylic acids is 1. The molecule has 2 aromatic heterocycles. The summed E-state index contributed by atoms with van der Waals surface area (Å²) in [6, 6.07) is 24.1. The Bertz CT molecular complexity index is 1630. The molecule has 3 aromatic carbocycles. The predicted molar refractivity (Wildman–Crippen MR) is 151 cm³/mol. The summed E-state index contributed by atoms with van der Waals surface area (Å²) in [6.45, 7) is 2.46. The summed E-state index contributed by atoms with van der Waals surface area (Å²) in [5, 5.41) is 3.28. The van der Waals surface area contributed by atoms with Crippen LogP contribution in [0.5, 0.6) is 11.5 Å². The van der Waals surface area contributed by atoms with E-state index in [0.29, 0.717) is 45.7 Å². The number of nitrogens with zero attached hydrogens (tertiary/aromatic N) is 2. The maximum Gasteiger partial charge on any atom is 0.283 e. The molecule has 0 unspecified atom stereocenters. The van der Waals surface area contributed by atoms with Gasteiger partial charge in [0.15, 0.2) is 5.16 Å². The second-order valence-corrected chi connectivity index (χ2v) is 9.27. The first-order chi connectivity index (χ1) is 18.6. The minimum Gasteiger partial charge on any atom is -0.497 e. The minimum absolute atomic E-state index is 0.0529. The van der Waals surface area contributed by atoms with Crippen molar-refractivity contribution in [3.8, 4) is 28.3 Å². The lowest BCUT2D eigenvalue weighted by Crippen LogP contribution is -2.23. The van der Waals surface area contributed by atoms with Crippen LogP contribution in [0.3, 0.4) is 0 Å². The van der Waals surface area contributed by atoms with Crippen LogP contribution in [0.1, 0.15) is 6.92 Å². The first kappa shape index (κ1) is 25.2. The first-order valence-corrected chi connectivity index (χ1v) is 13.1. The predicted octanol–water partition coefficient (Wildman–Crippen LogP) is 5.52. The van der Waals surface area contributed by atoms with Gasteiger partial charge >= 0.3 is 0 Å². The van der Waals surface area contributed by atoms with Crippen molar-refractivity contribution in [2.24, 2.45) is 0 Å². The highest BCUT2D eigenvalue weighted by Gasteiger charge is 2.19. The third kappa shape index (κ3) is 5.28. The van der Waals surface area contributed by atoms with Gasteiger partial charge in [0, 0.05) is 23.5 Å². The van der Waals surface area contributed by atoms with Crippen molar-refractivity contribution in [1.82, 2.24) is 14.5 Å². The second kappa shape index (κ2) is 11.3. The number of aromatic amines is 1. The summed E-state index contributed by atoms with van der Waals surface area (Å²) < 4.78 is 12.3. The molecule has 0 radical (unpaired) electrons. The van der Waals surface area contributed by atoms with Crippen molar-refractivity contribution in [2.45, 2.75) is 12.1 Å².